The number of anilines is 1. The molecule has 2 N–H and O–H groups in total. The van der Waals surface area contributed by atoms with E-state index in [4.69, 9.17) is 15.2 Å². The number of rotatable bonds is 1. The van der Waals surface area contributed by atoms with Crippen LogP contribution in [0.4, 0.5) is 5.95 Å². The highest BCUT2D eigenvalue weighted by Crippen LogP contribution is 2.42. The van der Waals surface area contributed by atoms with Crippen LogP contribution < -0.4 is 10.5 Å². The van der Waals surface area contributed by atoms with Gasteiger partial charge in [-0.15, -0.1) is 0 Å². The maximum absolute atomic E-state index is 11.8. The number of halogens is 1. The third-order valence-corrected chi connectivity index (χ3v) is 3.47. The second-order valence-electron chi connectivity index (χ2n) is 4.19. The quantitative estimate of drug-likeness (QED) is 0.803. The second-order valence-corrected chi connectivity index (χ2v) is 5.11. The Bertz CT molecular complexity index is 705. The highest BCUT2D eigenvalue weighted by Gasteiger charge is 2.33. The highest BCUT2D eigenvalue weighted by atomic mass is 79.9. The molecule has 20 heavy (non-hydrogen) atoms. The lowest BCUT2D eigenvalue weighted by Crippen LogP contribution is -2.25. The molecule has 0 aliphatic carbocycles. The van der Waals surface area contributed by atoms with Gasteiger partial charge in [-0.3, -0.25) is 0 Å². The summed E-state index contributed by atoms with van der Waals surface area (Å²) < 4.78 is 11.3. The molecule has 0 saturated heterocycles. The summed E-state index contributed by atoms with van der Waals surface area (Å²) in [5, 5.41) is 0. The van der Waals surface area contributed by atoms with Crippen LogP contribution in [-0.4, -0.2) is 23.0 Å². The largest absolute Gasteiger partial charge is 0.473 e. The molecule has 1 aliphatic rings. The SMILES string of the molecule is COC(=O)[C@H]1Oc2ccc(Br)cc2-c2nc(N)ncc21. The number of aromatic nitrogens is 2. The third kappa shape index (κ3) is 2.00. The summed E-state index contributed by atoms with van der Waals surface area (Å²) in [6, 6.07) is 5.44. The summed E-state index contributed by atoms with van der Waals surface area (Å²) in [4.78, 5) is 20.0. The number of hydrogen-bond acceptors (Lipinski definition) is 6. The van der Waals surface area contributed by atoms with Crippen molar-refractivity contribution in [1.29, 1.82) is 0 Å². The molecule has 6 nitrogen and oxygen atoms in total. The van der Waals surface area contributed by atoms with E-state index in [0.717, 1.165) is 10.0 Å². The maximum atomic E-state index is 11.8. The first kappa shape index (κ1) is 12.9. The number of carbonyl (C=O) groups excluding carboxylic acids is 1. The van der Waals surface area contributed by atoms with E-state index < -0.39 is 12.1 Å². The van der Waals surface area contributed by atoms with Gasteiger partial charge < -0.3 is 15.2 Å². The number of fused-ring (bicyclic) bond motifs is 3. The lowest BCUT2D eigenvalue weighted by atomic mass is 9.99. The standard InChI is InChI=1S/C13H10BrN3O3/c1-19-12(18)11-8-5-16-13(15)17-10(8)7-4-6(14)2-3-9(7)20-11/h2-5,11H,1H3,(H2,15,16,17)/t11-/m0/s1. The maximum Gasteiger partial charge on any atom is 0.351 e. The van der Waals surface area contributed by atoms with E-state index in [1.165, 1.54) is 13.3 Å². The van der Waals surface area contributed by atoms with Gasteiger partial charge in [-0.05, 0) is 18.2 Å². The van der Waals surface area contributed by atoms with Crippen LogP contribution in [-0.2, 0) is 9.53 Å². The molecule has 0 bridgehead atoms. The number of nitrogens with zero attached hydrogens (tertiary/aromatic N) is 2. The van der Waals surface area contributed by atoms with Crippen LogP contribution in [0.3, 0.4) is 0 Å². The normalized spacial score (nSPS) is 15.8. The summed E-state index contributed by atoms with van der Waals surface area (Å²) in [6.07, 6.45) is 0.604. The van der Waals surface area contributed by atoms with E-state index in [0.29, 0.717) is 17.0 Å². The number of carbonyl (C=O) groups is 1. The Labute approximate surface area is 123 Å². The molecule has 0 unspecified atom stereocenters. The predicted octanol–water partition coefficient (Wildman–Crippen LogP) is 2.09. The molecule has 1 atom stereocenters. The Balaban J connectivity index is 2.23. The van der Waals surface area contributed by atoms with E-state index in [9.17, 15) is 4.79 Å². The van der Waals surface area contributed by atoms with Gasteiger partial charge in [0.2, 0.25) is 12.1 Å². The first-order chi connectivity index (χ1) is 9.60. The van der Waals surface area contributed by atoms with Crippen LogP contribution in [0, 0.1) is 0 Å². The fourth-order valence-electron chi connectivity index (χ4n) is 2.07. The minimum Gasteiger partial charge on any atom is -0.473 e. The topological polar surface area (TPSA) is 87.3 Å². The smallest absolute Gasteiger partial charge is 0.351 e. The monoisotopic (exact) mass is 335 g/mol. The number of benzene rings is 1. The second kappa shape index (κ2) is 4.75. The van der Waals surface area contributed by atoms with E-state index in [-0.39, 0.29) is 5.95 Å². The Kier molecular flexibility index (Phi) is 3.06. The molecule has 2 aromatic rings. The van der Waals surface area contributed by atoms with E-state index in [1.807, 2.05) is 12.1 Å². The summed E-state index contributed by atoms with van der Waals surface area (Å²) in [5.74, 6) is 0.183. The molecular formula is C13H10BrN3O3. The highest BCUT2D eigenvalue weighted by molar-refractivity contribution is 9.10. The number of methoxy groups -OCH3 is 1. The van der Waals surface area contributed by atoms with Crippen molar-refractivity contribution in [2.75, 3.05) is 12.8 Å². The molecule has 1 aliphatic heterocycles. The Morgan fingerprint density at radius 1 is 1.50 bits per heavy atom. The average Bonchev–Trinajstić information content (AvgIpc) is 2.45. The minimum atomic E-state index is -0.885. The molecular weight excluding hydrogens is 326 g/mol. The summed E-state index contributed by atoms with van der Waals surface area (Å²) in [7, 11) is 1.31. The number of hydrogen-bond donors (Lipinski definition) is 1. The number of nitrogen functional groups attached to an aromatic ring is 1. The van der Waals surface area contributed by atoms with Crippen molar-refractivity contribution in [3.63, 3.8) is 0 Å². The van der Waals surface area contributed by atoms with Gasteiger partial charge in [-0.25, -0.2) is 14.8 Å². The van der Waals surface area contributed by atoms with Gasteiger partial charge in [0.15, 0.2) is 0 Å². The van der Waals surface area contributed by atoms with Crippen LogP contribution in [0.15, 0.2) is 28.9 Å². The van der Waals surface area contributed by atoms with Crippen molar-refractivity contribution >= 4 is 27.8 Å². The van der Waals surface area contributed by atoms with Crippen molar-refractivity contribution in [2.24, 2.45) is 0 Å². The van der Waals surface area contributed by atoms with Crippen molar-refractivity contribution < 1.29 is 14.3 Å². The van der Waals surface area contributed by atoms with E-state index in [2.05, 4.69) is 25.9 Å². The summed E-state index contributed by atoms with van der Waals surface area (Å²) in [6.45, 7) is 0. The van der Waals surface area contributed by atoms with Crippen molar-refractivity contribution in [2.45, 2.75) is 6.10 Å². The summed E-state index contributed by atoms with van der Waals surface area (Å²) >= 11 is 3.40. The molecule has 1 aromatic carbocycles. The molecule has 3 rings (SSSR count). The average molecular weight is 336 g/mol. The Morgan fingerprint density at radius 3 is 3.05 bits per heavy atom. The van der Waals surface area contributed by atoms with Crippen LogP contribution >= 0.6 is 15.9 Å². The molecule has 1 aromatic heterocycles. The molecule has 0 radical (unpaired) electrons. The molecule has 0 amide bonds. The van der Waals surface area contributed by atoms with Gasteiger partial charge in [0, 0.05) is 21.8 Å². The van der Waals surface area contributed by atoms with Crippen LogP contribution in [0.25, 0.3) is 11.3 Å². The fourth-order valence-corrected chi connectivity index (χ4v) is 2.44. The lowest BCUT2D eigenvalue weighted by molar-refractivity contribution is -0.149. The fraction of sp³-hybridized carbons (Fsp3) is 0.154. The zero-order chi connectivity index (χ0) is 14.3. The lowest BCUT2D eigenvalue weighted by Gasteiger charge is -2.26. The first-order valence-electron chi connectivity index (χ1n) is 5.77. The van der Waals surface area contributed by atoms with Gasteiger partial charge >= 0.3 is 5.97 Å². The number of esters is 1. The van der Waals surface area contributed by atoms with E-state index in [1.54, 1.807) is 6.07 Å². The van der Waals surface area contributed by atoms with Gasteiger partial charge in [0.25, 0.3) is 0 Å². The van der Waals surface area contributed by atoms with Gasteiger partial charge in [-0.2, -0.15) is 0 Å². The predicted molar refractivity (Wildman–Crippen MR) is 75.0 cm³/mol. The Morgan fingerprint density at radius 2 is 2.30 bits per heavy atom. The summed E-state index contributed by atoms with van der Waals surface area (Å²) in [5.41, 5.74) is 7.51. The molecule has 2 heterocycles. The molecule has 0 fully saturated rings. The minimum absolute atomic E-state index is 0.139. The molecule has 102 valence electrons. The molecule has 7 heteroatoms. The van der Waals surface area contributed by atoms with Crippen molar-refractivity contribution in [3.05, 3.63) is 34.4 Å². The van der Waals surface area contributed by atoms with E-state index >= 15 is 0 Å². The molecule has 0 saturated carbocycles. The molecule has 0 spiro atoms. The number of ether oxygens (including phenoxy) is 2. The zero-order valence-electron chi connectivity index (χ0n) is 10.5. The van der Waals surface area contributed by atoms with Gasteiger partial charge in [0.1, 0.15) is 5.75 Å². The van der Waals surface area contributed by atoms with Crippen molar-refractivity contribution in [3.8, 4) is 17.0 Å². The van der Waals surface area contributed by atoms with Crippen LogP contribution in [0.1, 0.15) is 11.7 Å². The van der Waals surface area contributed by atoms with Crippen LogP contribution in [0.2, 0.25) is 0 Å². The zero-order valence-corrected chi connectivity index (χ0v) is 12.0. The number of nitrogens with two attached hydrogens (primary N) is 1. The van der Waals surface area contributed by atoms with Gasteiger partial charge in [0.05, 0.1) is 12.8 Å². The van der Waals surface area contributed by atoms with Crippen molar-refractivity contribution in [1.82, 2.24) is 9.97 Å². The van der Waals surface area contributed by atoms with Crippen LogP contribution in [0.5, 0.6) is 5.75 Å². The van der Waals surface area contributed by atoms with Gasteiger partial charge in [-0.1, -0.05) is 15.9 Å². The third-order valence-electron chi connectivity index (χ3n) is 2.97. The Hall–Kier alpha value is -2.15. The first-order valence-corrected chi connectivity index (χ1v) is 6.56.